The normalized spacial score (nSPS) is 10.2. The summed E-state index contributed by atoms with van der Waals surface area (Å²) in [5, 5.41) is 0. The van der Waals surface area contributed by atoms with Crippen molar-refractivity contribution < 1.29 is 4.39 Å². The second-order valence-corrected chi connectivity index (χ2v) is 4.05. The van der Waals surface area contributed by atoms with Crippen LogP contribution >= 0.6 is 0 Å². The number of nitrogens with zero attached hydrogens (tertiary/aromatic N) is 1. The lowest BCUT2D eigenvalue weighted by Gasteiger charge is -2.20. The summed E-state index contributed by atoms with van der Waals surface area (Å²) in [6.07, 6.45) is 0. The zero-order chi connectivity index (χ0) is 12.3. The molecule has 2 aromatic rings. The van der Waals surface area contributed by atoms with Crippen molar-refractivity contribution in [3.8, 4) is 0 Å². The number of nitrogens with two attached hydrogens (primary N) is 1. The topological polar surface area (TPSA) is 29.3 Å². The largest absolute Gasteiger partial charge is 0.399 e. The minimum atomic E-state index is -0.252. The van der Waals surface area contributed by atoms with E-state index in [0.717, 1.165) is 5.56 Å². The molecule has 2 rings (SSSR count). The van der Waals surface area contributed by atoms with Gasteiger partial charge in [-0.3, -0.25) is 0 Å². The monoisotopic (exact) mass is 230 g/mol. The maximum atomic E-state index is 13.6. The van der Waals surface area contributed by atoms with E-state index < -0.39 is 0 Å². The highest BCUT2D eigenvalue weighted by Gasteiger charge is 2.08. The molecule has 2 N–H and O–H groups in total. The van der Waals surface area contributed by atoms with Crippen LogP contribution in [0.3, 0.4) is 0 Å². The summed E-state index contributed by atoms with van der Waals surface area (Å²) in [5.74, 6) is -0.252. The highest BCUT2D eigenvalue weighted by Crippen LogP contribution is 2.22. The van der Waals surface area contributed by atoms with Gasteiger partial charge in [-0.25, -0.2) is 4.39 Å². The van der Waals surface area contributed by atoms with Crippen molar-refractivity contribution in [1.29, 1.82) is 0 Å². The van der Waals surface area contributed by atoms with E-state index in [0.29, 0.717) is 17.9 Å². The Morgan fingerprint density at radius 3 is 2.53 bits per heavy atom. The Kier molecular flexibility index (Phi) is 3.28. The second-order valence-electron chi connectivity index (χ2n) is 4.05. The van der Waals surface area contributed by atoms with Crippen LogP contribution in [0.15, 0.2) is 48.5 Å². The van der Waals surface area contributed by atoms with Crippen LogP contribution in [0, 0.1) is 5.82 Å². The van der Waals surface area contributed by atoms with Gasteiger partial charge >= 0.3 is 0 Å². The van der Waals surface area contributed by atoms with Crippen molar-refractivity contribution in [2.75, 3.05) is 17.7 Å². The summed E-state index contributed by atoms with van der Waals surface area (Å²) >= 11 is 0. The Morgan fingerprint density at radius 1 is 1.12 bits per heavy atom. The molecule has 3 heteroatoms. The molecular formula is C14H15FN2. The molecule has 0 aliphatic heterocycles. The van der Waals surface area contributed by atoms with Crippen molar-refractivity contribution in [2.45, 2.75) is 6.54 Å². The van der Waals surface area contributed by atoms with Crippen LogP contribution in [0.25, 0.3) is 0 Å². The van der Waals surface area contributed by atoms with E-state index in [1.165, 1.54) is 6.07 Å². The van der Waals surface area contributed by atoms with Gasteiger partial charge in [-0.2, -0.15) is 0 Å². The van der Waals surface area contributed by atoms with E-state index in [4.69, 9.17) is 5.73 Å². The Balaban J connectivity index is 2.20. The smallest absolute Gasteiger partial charge is 0.146 e. The van der Waals surface area contributed by atoms with Crippen molar-refractivity contribution in [3.05, 3.63) is 59.9 Å². The van der Waals surface area contributed by atoms with Gasteiger partial charge in [0.2, 0.25) is 0 Å². The van der Waals surface area contributed by atoms with Gasteiger partial charge in [0.25, 0.3) is 0 Å². The number of anilines is 2. The van der Waals surface area contributed by atoms with Gasteiger partial charge in [0.05, 0.1) is 5.69 Å². The predicted molar refractivity (Wildman–Crippen MR) is 69.4 cm³/mol. The maximum Gasteiger partial charge on any atom is 0.146 e. The van der Waals surface area contributed by atoms with E-state index in [1.54, 1.807) is 12.1 Å². The summed E-state index contributed by atoms with van der Waals surface area (Å²) < 4.78 is 13.6. The molecule has 0 unspecified atom stereocenters. The number of hydrogen-bond acceptors (Lipinski definition) is 2. The summed E-state index contributed by atoms with van der Waals surface area (Å²) in [6.45, 7) is 0.654. The molecule has 2 aromatic carbocycles. The molecule has 2 nitrogen and oxygen atoms in total. The fourth-order valence-corrected chi connectivity index (χ4v) is 1.76. The van der Waals surface area contributed by atoms with E-state index in [-0.39, 0.29) is 5.82 Å². The fourth-order valence-electron chi connectivity index (χ4n) is 1.76. The first-order valence-electron chi connectivity index (χ1n) is 5.47. The summed E-state index contributed by atoms with van der Waals surface area (Å²) in [6, 6.07) is 14.5. The van der Waals surface area contributed by atoms with Gasteiger partial charge in [-0.1, -0.05) is 30.3 Å². The van der Waals surface area contributed by atoms with Gasteiger partial charge < -0.3 is 10.6 Å². The first kappa shape index (κ1) is 11.5. The van der Waals surface area contributed by atoms with Crippen molar-refractivity contribution in [2.24, 2.45) is 0 Å². The molecule has 0 radical (unpaired) electrons. The highest BCUT2D eigenvalue weighted by molar-refractivity contribution is 5.56. The lowest BCUT2D eigenvalue weighted by Crippen LogP contribution is -2.17. The quantitative estimate of drug-likeness (QED) is 0.821. The Hall–Kier alpha value is -2.03. The third kappa shape index (κ3) is 2.75. The lowest BCUT2D eigenvalue weighted by molar-refractivity contribution is 0.622. The predicted octanol–water partition coefficient (Wildman–Crippen LogP) is 3.04. The van der Waals surface area contributed by atoms with Crippen molar-refractivity contribution in [1.82, 2.24) is 0 Å². The Morgan fingerprint density at radius 2 is 1.82 bits per heavy atom. The molecule has 0 atom stereocenters. The molecule has 0 saturated heterocycles. The maximum absolute atomic E-state index is 13.6. The molecule has 0 fully saturated rings. The molecule has 17 heavy (non-hydrogen) atoms. The molecule has 0 heterocycles. The lowest BCUT2D eigenvalue weighted by atomic mass is 10.2. The third-order valence-electron chi connectivity index (χ3n) is 2.64. The molecule has 0 saturated carbocycles. The van der Waals surface area contributed by atoms with Gasteiger partial charge in [0, 0.05) is 19.3 Å². The van der Waals surface area contributed by atoms with E-state index in [2.05, 4.69) is 0 Å². The zero-order valence-corrected chi connectivity index (χ0v) is 9.73. The standard InChI is InChI=1S/C14H15FN2/c1-17(10-11-5-3-2-4-6-11)14-9-12(16)7-8-13(14)15/h2-9H,10,16H2,1H3. The second kappa shape index (κ2) is 4.87. The number of rotatable bonds is 3. The van der Waals surface area contributed by atoms with E-state index >= 15 is 0 Å². The van der Waals surface area contributed by atoms with Crippen LogP contribution in [0.1, 0.15) is 5.56 Å². The molecule has 88 valence electrons. The minimum absolute atomic E-state index is 0.252. The average molecular weight is 230 g/mol. The van der Waals surface area contributed by atoms with Crippen LogP contribution in [-0.2, 0) is 6.54 Å². The first-order valence-corrected chi connectivity index (χ1v) is 5.47. The molecule has 0 spiro atoms. The van der Waals surface area contributed by atoms with Gasteiger partial charge in [-0.05, 0) is 23.8 Å². The summed E-state index contributed by atoms with van der Waals surface area (Å²) in [5.41, 5.74) is 7.89. The summed E-state index contributed by atoms with van der Waals surface area (Å²) in [7, 11) is 1.85. The highest BCUT2D eigenvalue weighted by atomic mass is 19.1. The van der Waals surface area contributed by atoms with Crippen molar-refractivity contribution >= 4 is 11.4 Å². The molecule has 0 aliphatic rings. The zero-order valence-electron chi connectivity index (χ0n) is 9.73. The van der Waals surface area contributed by atoms with Crippen molar-refractivity contribution in [3.63, 3.8) is 0 Å². The average Bonchev–Trinajstić information content (AvgIpc) is 2.33. The molecule has 0 aromatic heterocycles. The fraction of sp³-hybridized carbons (Fsp3) is 0.143. The number of hydrogen-bond donors (Lipinski definition) is 1. The Labute approximate surface area is 100 Å². The Bertz CT molecular complexity index is 497. The number of nitrogen functional groups attached to an aromatic ring is 1. The number of halogens is 1. The van der Waals surface area contributed by atoms with Crippen LogP contribution in [0.4, 0.5) is 15.8 Å². The van der Waals surface area contributed by atoms with Crippen LogP contribution in [0.5, 0.6) is 0 Å². The minimum Gasteiger partial charge on any atom is -0.399 e. The molecule has 0 bridgehead atoms. The molecular weight excluding hydrogens is 215 g/mol. The van der Waals surface area contributed by atoms with E-state index in [1.807, 2.05) is 42.3 Å². The first-order chi connectivity index (χ1) is 8.16. The third-order valence-corrected chi connectivity index (χ3v) is 2.64. The molecule has 0 aliphatic carbocycles. The SMILES string of the molecule is CN(Cc1ccccc1)c1cc(N)ccc1F. The van der Waals surface area contributed by atoms with E-state index in [9.17, 15) is 4.39 Å². The van der Waals surface area contributed by atoms with Gasteiger partial charge in [0.15, 0.2) is 0 Å². The molecule has 0 amide bonds. The van der Waals surface area contributed by atoms with Crippen LogP contribution < -0.4 is 10.6 Å². The van der Waals surface area contributed by atoms with Gasteiger partial charge in [0.1, 0.15) is 5.82 Å². The van der Waals surface area contributed by atoms with Crippen LogP contribution in [0.2, 0.25) is 0 Å². The van der Waals surface area contributed by atoms with Gasteiger partial charge in [-0.15, -0.1) is 0 Å². The summed E-state index contributed by atoms with van der Waals surface area (Å²) in [4.78, 5) is 1.85. The number of benzene rings is 2. The van der Waals surface area contributed by atoms with Crippen LogP contribution in [-0.4, -0.2) is 7.05 Å².